The van der Waals surface area contributed by atoms with Crippen molar-refractivity contribution in [1.82, 2.24) is 4.31 Å². The van der Waals surface area contributed by atoms with Crippen LogP contribution >= 0.6 is 0 Å². The van der Waals surface area contributed by atoms with E-state index in [-0.39, 0.29) is 5.75 Å². The van der Waals surface area contributed by atoms with E-state index in [1.165, 1.54) is 0 Å². The van der Waals surface area contributed by atoms with Gasteiger partial charge in [-0.2, -0.15) is 4.31 Å². The maximum Gasteiger partial charge on any atom is 0.322 e. The minimum Gasteiger partial charge on any atom is -0.480 e. The van der Waals surface area contributed by atoms with Crippen LogP contribution in [0.2, 0.25) is 0 Å². The summed E-state index contributed by atoms with van der Waals surface area (Å²) in [4.78, 5) is 11.0. The summed E-state index contributed by atoms with van der Waals surface area (Å²) in [6.07, 6.45) is 1.42. The first-order valence-corrected chi connectivity index (χ1v) is 7.88. The molecule has 5 nitrogen and oxygen atoms in total. The van der Waals surface area contributed by atoms with Crippen molar-refractivity contribution in [2.45, 2.75) is 25.3 Å². The topological polar surface area (TPSA) is 74.7 Å². The Morgan fingerprint density at radius 2 is 2.00 bits per heavy atom. The van der Waals surface area contributed by atoms with Crippen molar-refractivity contribution in [3.05, 3.63) is 35.9 Å². The standard InChI is InChI=1S/C13H17NO4S/c15-13(16)12-7-4-9-14(12)19(17,18)10-8-11-5-2-1-3-6-11/h1-3,5-6,12H,4,7-10H2,(H,15,16). The number of aliphatic carboxylic acids is 1. The van der Waals surface area contributed by atoms with Gasteiger partial charge in [-0.3, -0.25) is 4.79 Å². The van der Waals surface area contributed by atoms with Crippen molar-refractivity contribution in [2.24, 2.45) is 0 Å². The second-order valence-corrected chi connectivity index (χ2v) is 6.70. The number of carboxylic acids is 1. The number of benzene rings is 1. The van der Waals surface area contributed by atoms with Crippen LogP contribution in [0.15, 0.2) is 30.3 Å². The molecular weight excluding hydrogens is 266 g/mol. The highest BCUT2D eigenvalue weighted by Gasteiger charge is 2.38. The number of hydrogen-bond acceptors (Lipinski definition) is 3. The van der Waals surface area contributed by atoms with Crippen LogP contribution in [0.4, 0.5) is 0 Å². The van der Waals surface area contributed by atoms with Gasteiger partial charge in [-0.1, -0.05) is 30.3 Å². The Hall–Kier alpha value is -1.40. The highest BCUT2D eigenvalue weighted by atomic mass is 32.2. The van der Waals surface area contributed by atoms with E-state index in [0.717, 1.165) is 9.87 Å². The summed E-state index contributed by atoms with van der Waals surface area (Å²) in [5, 5.41) is 9.03. The van der Waals surface area contributed by atoms with Crippen LogP contribution in [-0.4, -0.2) is 42.1 Å². The van der Waals surface area contributed by atoms with Crippen LogP contribution in [0.5, 0.6) is 0 Å². The van der Waals surface area contributed by atoms with E-state index in [9.17, 15) is 13.2 Å². The minimum atomic E-state index is -3.50. The third-order valence-corrected chi connectivity index (χ3v) is 5.21. The molecule has 0 aromatic heterocycles. The van der Waals surface area contributed by atoms with E-state index in [0.29, 0.717) is 25.8 Å². The number of carboxylic acid groups (broad SMARTS) is 1. The normalized spacial score (nSPS) is 20.5. The summed E-state index contributed by atoms with van der Waals surface area (Å²) < 4.78 is 25.5. The molecule has 0 radical (unpaired) electrons. The molecule has 0 aliphatic carbocycles. The summed E-state index contributed by atoms with van der Waals surface area (Å²) in [5.74, 6) is -1.10. The summed E-state index contributed by atoms with van der Waals surface area (Å²) in [7, 11) is -3.50. The molecule has 1 aromatic carbocycles. The Morgan fingerprint density at radius 1 is 1.32 bits per heavy atom. The fourth-order valence-corrected chi connectivity index (χ4v) is 4.05. The zero-order valence-electron chi connectivity index (χ0n) is 10.5. The first kappa shape index (κ1) is 14.0. The summed E-state index contributed by atoms with van der Waals surface area (Å²) in [6.45, 7) is 0.314. The maximum atomic E-state index is 12.2. The van der Waals surface area contributed by atoms with Crippen LogP contribution in [0, 0.1) is 0 Å². The van der Waals surface area contributed by atoms with Crippen LogP contribution in [0.1, 0.15) is 18.4 Å². The molecule has 19 heavy (non-hydrogen) atoms. The summed E-state index contributed by atoms with van der Waals surface area (Å²) in [5.41, 5.74) is 0.942. The Bertz CT molecular complexity index is 541. The Labute approximate surface area is 112 Å². The van der Waals surface area contributed by atoms with Crippen molar-refractivity contribution < 1.29 is 18.3 Å². The zero-order valence-corrected chi connectivity index (χ0v) is 11.3. The number of carbonyl (C=O) groups is 1. The average molecular weight is 283 g/mol. The molecule has 0 bridgehead atoms. The van der Waals surface area contributed by atoms with Gasteiger partial charge in [-0.05, 0) is 24.8 Å². The minimum absolute atomic E-state index is 0.0409. The monoisotopic (exact) mass is 283 g/mol. The van der Waals surface area contributed by atoms with Gasteiger partial charge in [0.2, 0.25) is 10.0 Å². The van der Waals surface area contributed by atoms with Crippen molar-refractivity contribution in [3.63, 3.8) is 0 Å². The van der Waals surface area contributed by atoms with E-state index < -0.39 is 22.0 Å². The molecule has 2 rings (SSSR count). The molecule has 0 spiro atoms. The fourth-order valence-electron chi connectivity index (χ4n) is 2.33. The Balaban J connectivity index is 2.04. The molecule has 1 aliphatic heterocycles. The van der Waals surface area contributed by atoms with E-state index in [1.807, 2.05) is 30.3 Å². The molecule has 1 fully saturated rings. The predicted octanol–water partition coefficient (Wildman–Crippen LogP) is 1.11. The lowest BCUT2D eigenvalue weighted by atomic mass is 10.2. The first-order valence-electron chi connectivity index (χ1n) is 6.27. The third-order valence-electron chi connectivity index (χ3n) is 3.34. The van der Waals surface area contributed by atoms with Gasteiger partial charge >= 0.3 is 5.97 Å². The zero-order chi connectivity index (χ0) is 13.9. The van der Waals surface area contributed by atoms with Crippen molar-refractivity contribution in [1.29, 1.82) is 0 Å². The summed E-state index contributed by atoms with van der Waals surface area (Å²) >= 11 is 0. The molecule has 1 atom stereocenters. The molecule has 0 amide bonds. The lowest BCUT2D eigenvalue weighted by Gasteiger charge is -2.20. The molecule has 6 heteroatoms. The molecule has 0 saturated carbocycles. The molecule has 104 valence electrons. The van der Waals surface area contributed by atoms with Gasteiger partial charge in [0.05, 0.1) is 5.75 Å². The van der Waals surface area contributed by atoms with Crippen LogP contribution < -0.4 is 0 Å². The fraction of sp³-hybridized carbons (Fsp3) is 0.462. The average Bonchev–Trinajstić information content (AvgIpc) is 2.88. The number of aryl methyl sites for hydroxylation is 1. The van der Waals surface area contributed by atoms with Gasteiger partial charge in [-0.25, -0.2) is 8.42 Å². The van der Waals surface area contributed by atoms with Crippen LogP contribution in [0.25, 0.3) is 0 Å². The first-order chi connectivity index (χ1) is 9.00. The third kappa shape index (κ3) is 3.33. The molecular formula is C13H17NO4S. The second kappa shape index (κ2) is 5.71. The van der Waals surface area contributed by atoms with Crippen molar-refractivity contribution >= 4 is 16.0 Å². The number of hydrogen-bond donors (Lipinski definition) is 1. The van der Waals surface area contributed by atoms with E-state index in [4.69, 9.17) is 5.11 Å². The molecule has 1 unspecified atom stereocenters. The van der Waals surface area contributed by atoms with E-state index >= 15 is 0 Å². The Kier molecular flexibility index (Phi) is 4.21. The lowest BCUT2D eigenvalue weighted by molar-refractivity contribution is -0.140. The highest BCUT2D eigenvalue weighted by molar-refractivity contribution is 7.89. The van der Waals surface area contributed by atoms with Gasteiger partial charge in [-0.15, -0.1) is 0 Å². The molecule has 1 aliphatic rings. The van der Waals surface area contributed by atoms with Gasteiger partial charge < -0.3 is 5.11 Å². The smallest absolute Gasteiger partial charge is 0.322 e. The van der Waals surface area contributed by atoms with Crippen LogP contribution in [-0.2, 0) is 21.2 Å². The molecule has 1 saturated heterocycles. The lowest BCUT2D eigenvalue weighted by Crippen LogP contribution is -2.41. The quantitative estimate of drug-likeness (QED) is 0.878. The molecule has 1 aromatic rings. The van der Waals surface area contributed by atoms with E-state index in [1.54, 1.807) is 0 Å². The number of sulfonamides is 1. The summed E-state index contributed by atoms with van der Waals surface area (Å²) in [6, 6.07) is 8.44. The molecule has 1 N–H and O–H groups in total. The Morgan fingerprint density at radius 3 is 2.63 bits per heavy atom. The predicted molar refractivity (Wildman–Crippen MR) is 71.3 cm³/mol. The van der Waals surface area contributed by atoms with Crippen LogP contribution in [0.3, 0.4) is 0 Å². The second-order valence-electron chi connectivity index (χ2n) is 4.66. The SMILES string of the molecule is O=C(O)C1CCCN1S(=O)(=O)CCc1ccccc1. The van der Waals surface area contributed by atoms with Crippen molar-refractivity contribution in [2.75, 3.05) is 12.3 Å². The maximum absolute atomic E-state index is 12.2. The molecule has 1 heterocycles. The van der Waals surface area contributed by atoms with E-state index in [2.05, 4.69) is 0 Å². The highest BCUT2D eigenvalue weighted by Crippen LogP contribution is 2.22. The number of rotatable bonds is 5. The number of nitrogens with zero attached hydrogens (tertiary/aromatic N) is 1. The van der Waals surface area contributed by atoms with Gasteiger partial charge in [0, 0.05) is 6.54 Å². The van der Waals surface area contributed by atoms with Gasteiger partial charge in [0.1, 0.15) is 6.04 Å². The van der Waals surface area contributed by atoms with Crippen molar-refractivity contribution in [3.8, 4) is 0 Å². The van der Waals surface area contributed by atoms with Gasteiger partial charge in [0.15, 0.2) is 0 Å². The van der Waals surface area contributed by atoms with Gasteiger partial charge in [0.25, 0.3) is 0 Å². The largest absolute Gasteiger partial charge is 0.480 e.